The molecule has 0 unspecified atom stereocenters. The van der Waals surface area contributed by atoms with Gasteiger partial charge < -0.3 is 19.1 Å². The third-order valence-corrected chi connectivity index (χ3v) is 4.60. The summed E-state index contributed by atoms with van der Waals surface area (Å²) in [6.45, 7) is 0.935. The summed E-state index contributed by atoms with van der Waals surface area (Å²) >= 11 is 0. The van der Waals surface area contributed by atoms with Crippen molar-refractivity contribution in [2.45, 2.75) is 25.9 Å². The average Bonchev–Trinajstić information content (AvgIpc) is 2.79. The van der Waals surface area contributed by atoms with Crippen LogP contribution in [0.5, 0.6) is 17.4 Å². The third-order valence-electron chi connectivity index (χ3n) is 4.60. The van der Waals surface area contributed by atoms with Crippen molar-refractivity contribution in [3.05, 3.63) is 65.4 Å². The lowest BCUT2D eigenvalue weighted by molar-refractivity contribution is 0.146. The minimum absolute atomic E-state index is 0.0232. The molecule has 0 aliphatic carbocycles. The van der Waals surface area contributed by atoms with Gasteiger partial charge in [-0.15, -0.1) is 10.2 Å². The largest absolute Gasteiger partial charge is 0.497 e. The number of halogens is 2. The molecule has 0 amide bonds. The quantitative estimate of drug-likeness (QED) is 0.483. The maximum atomic E-state index is 12.8. The van der Waals surface area contributed by atoms with Crippen molar-refractivity contribution in [3.63, 3.8) is 0 Å². The van der Waals surface area contributed by atoms with Crippen LogP contribution < -0.4 is 19.1 Å². The number of aromatic nitrogens is 3. The van der Waals surface area contributed by atoms with Crippen molar-refractivity contribution in [3.8, 4) is 17.4 Å². The molecule has 0 atom stereocenters. The van der Waals surface area contributed by atoms with E-state index in [1.54, 1.807) is 14.2 Å². The summed E-state index contributed by atoms with van der Waals surface area (Å²) < 4.78 is 41.2. The van der Waals surface area contributed by atoms with Crippen LogP contribution >= 0.6 is 0 Å². The number of hydrogen-bond acceptors (Lipinski definition) is 7. The van der Waals surface area contributed by atoms with Crippen LogP contribution in [0.15, 0.2) is 48.5 Å². The lowest BCUT2D eigenvalue weighted by atomic mass is 10.1. The zero-order chi connectivity index (χ0) is 22.2. The van der Waals surface area contributed by atoms with Gasteiger partial charge in [-0.1, -0.05) is 24.3 Å². The highest BCUT2D eigenvalue weighted by molar-refractivity contribution is 5.38. The second-order valence-corrected chi connectivity index (χ2v) is 6.72. The van der Waals surface area contributed by atoms with Crippen LogP contribution in [0.4, 0.5) is 14.7 Å². The van der Waals surface area contributed by atoms with E-state index < -0.39 is 12.8 Å². The zero-order valence-corrected chi connectivity index (χ0v) is 17.6. The number of alkyl halides is 2. The first-order valence-corrected chi connectivity index (χ1v) is 9.59. The molecule has 2 aromatic carbocycles. The van der Waals surface area contributed by atoms with Crippen molar-refractivity contribution in [1.29, 1.82) is 0 Å². The number of benzene rings is 2. The predicted octanol–water partition coefficient (Wildman–Crippen LogP) is 3.91. The van der Waals surface area contributed by atoms with E-state index in [-0.39, 0.29) is 17.5 Å². The Labute approximate surface area is 179 Å². The molecule has 7 nitrogen and oxygen atoms in total. The molecule has 0 aliphatic heterocycles. The summed E-state index contributed by atoms with van der Waals surface area (Å²) in [5.41, 5.74) is 2.01. The molecule has 3 rings (SSSR count). The molecular weight excluding hydrogens is 406 g/mol. The highest BCUT2D eigenvalue weighted by Crippen LogP contribution is 2.23. The van der Waals surface area contributed by atoms with Gasteiger partial charge in [0, 0.05) is 13.1 Å². The Morgan fingerprint density at radius 3 is 1.71 bits per heavy atom. The number of methoxy groups -OCH3 is 3. The van der Waals surface area contributed by atoms with E-state index in [4.69, 9.17) is 14.2 Å². The van der Waals surface area contributed by atoms with Crippen LogP contribution in [0, 0.1) is 0 Å². The number of rotatable bonds is 10. The Morgan fingerprint density at radius 2 is 1.29 bits per heavy atom. The topological polar surface area (TPSA) is 69.6 Å². The minimum Gasteiger partial charge on any atom is -0.497 e. The smallest absolute Gasteiger partial charge is 0.249 e. The maximum absolute atomic E-state index is 12.8. The van der Waals surface area contributed by atoms with Crippen molar-refractivity contribution in [1.82, 2.24) is 15.2 Å². The van der Waals surface area contributed by atoms with Crippen molar-refractivity contribution >= 4 is 5.95 Å². The molecule has 0 N–H and O–H groups in total. The number of anilines is 1. The van der Waals surface area contributed by atoms with Gasteiger partial charge in [-0.2, -0.15) is 4.98 Å². The van der Waals surface area contributed by atoms with Crippen molar-refractivity contribution in [2.24, 2.45) is 0 Å². The summed E-state index contributed by atoms with van der Waals surface area (Å²) in [6.07, 6.45) is -3.13. The SMILES string of the molecule is COc1ccc(CN(Cc2ccc(OC)cc2)c2nnc(CC(F)F)c(OC)n2)cc1. The predicted molar refractivity (Wildman–Crippen MR) is 112 cm³/mol. The molecule has 0 bridgehead atoms. The fourth-order valence-electron chi connectivity index (χ4n) is 3.00. The first kappa shape index (κ1) is 22.2. The Balaban J connectivity index is 1.91. The lowest BCUT2D eigenvalue weighted by Crippen LogP contribution is -2.25. The molecule has 0 spiro atoms. The van der Waals surface area contributed by atoms with Crippen LogP contribution in [-0.2, 0) is 19.5 Å². The molecule has 1 heterocycles. The van der Waals surface area contributed by atoms with Crippen LogP contribution in [0.2, 0.25) is 0 Å². The molecule has 0 saturated heterocycles. The lowest BCUT2D eigenvalue weighted by Gasteiger charge is -2.23. The number of hydrogen-bond donors (Lipinski definition) is 0. The van der Waals surface area contributed by atoms with Crippen LogP contribution in [0.1, 0.15) is 16.8 Å². The molecule has 164 valence electrons. The molecule has 0 saturated carbocycles. The van der Waals surface area contributed by atoms with Gasteiger partial charge in [-0.25, -0.2) is 8.78 Å². The second kappa shape index (κ2) is 10.5. The average molecular weight is 430 g/mol. The van der Waals surface area contributed by atoms with Crippen molar-refractivity contribution in [2.75, 3.05) is 26.2 Å². The van der Waals surface area contributed by atoms with E-state index in [1.807, 2.05) is 53.4 Å². The van der Waals surface area contributed by atoms with Crippen molar-refractivity contribution < 1.29 is 23.0 Å². The number of ether oxygens (including phenoxy) is 3. The summed E-state index contributed by atoms with van der Waals surface area (Å²) in [7, 11) is 4.59. The van der Waals surface area contributed by atoms with E-state index >= 15 is 0 Å². The Morgan fingerprint density at radius 1 is 0.774 bits per heavy atom. The van der Waals surface area contributed by atoms with E-state index in [9.17, 15) is 8.78 Å². The molecule has 0 fully saturated rings. The van der Waals surface area contributed by atoms with Gasteiger partial charge in [0.1, 0.15) is 17.2 Å². The zero-order valence-electron chi connectivity index (χ0n) is 17.6. The van der Waals surface area contributed by atoms with E-state index in [0.29, 0.717) is 13.1 Å². The summed E-state index contributed by atoms with van der Waals surface area (Å²) in [5, 5.41) is 8.05. The van der Waals surface area contributed by atoms with E-state index in [1.165, 1.54) is 7.11 Å². The third kappa shape index (κ3) is 6.00. The highest BCUT2D eigenvalue weighted by Gasteiger charge is 2.19. The first-order chi connectivity index (χ1) is 15.0. The van der Waals surface area contributed by atoms with Gasteiger partial charge in [0.2, 0.25) is 18.3 Å². The highest BCUT2D eigenvalue weighted by atomic mass is 19.3. The van der Waals surface area contributed by atoms with Crippen LogP contribution in [0.3, 0.4) is 0 Å². The number of nitrogens with zero attached hydrogens (tertiary/aromatic N) is 4. The molecule has 9 heteroatoms. The molecule has 0 radical (unpaired) electrons. The Kier molecular flexibility index (Phi) is 7.53. The molecular formula is C22H24F2N4O3. The molecule has 3 aromatic rings. The van der Waals surface area contributed by atoms with Gasteiger partial charge in [-0.05, 0) is 35.4 Å². The van der Waals surface area contributed by atoms with Gasteiger partial charge in [0.25, 0.3) is 0 Å². The summed E-state index contributed by atoms with van der Waals surface area (Å²) in [5.74, 6) is 1.82. The van der Waals surface area contributed by atoms with Gasteiger partial charge in [0.15, 0.2) is 0 Å². The fraction of sp³-hybridized carbons (Fsp3) is 0.318. The molecule has 1 aromatic heterocycles. The Bertz CT molecular complexity index is 920. The van der Waals surface area contributed by atoms with Gasteiger partial charge in [-0.3, -0.25) is 0 Å². The summed E-state index contributed by atoms with van der Waals surface area (Å²) in [4.78, 5) is 6.25. The monoisotopic (exact) mass is 430 g/mol. The van der Waals surface area contributed by atoms with Gasteiger partial charge >= 0.3 is 0 Å². The van der Waals surface area contributed by atoms with E-state index in [0.717, 1.165) is 22.6 Å². The fourth-order valence-corrected chi connectivity index (χ4v) is 3.00. The Hall–Kier alpha value is -3.49. The first-order valence-electron chi connectivity index (χ1n) is 9.59. The van der Waals surface area contributed by atoms with Crippen LogP contribution in [-0.4, -0.2) is 42.9 Å². The van der Waals surface area contributed by atoms with Gasteiger partial charge in [0.05, 0.1) is 27.8 Å². The van der Waals surface area contributed by atoms with E-state index in [2.05, 4.69) is 15.2 Å². The normalized spacial score (nSPS) is 10.8. The second-order valence-electron chi connectivity index (χ2n) is 6.72. The summed E-state index contributed by atoms with van der Waals surface area (Å²) in [6, 6.07) is 15.2. The maximum Gasteiger partial charge on any atom is 0.249 e. The van der Waals surface area contributed by atoms with Crippen LogP contribution in [0.25, 0.3) is 0 Å². The molecule has 0 aliphatic rings. The minimum atomic E-state index is -2.56. The molecule has 31 heavy (non-hydrogen) atoms. The standard InChI is InChI=1S/C22H24F2N4O3/c1-29-17-8-4-15(5-9-17)13-28(14-16-6-10-18(30-2)11-7-16)22-25-21(31-3)19(26-27-22)12-20(23)24/h4-11,20H,12-14H2,1-3H3.